The van der Waals surface area contributed by atoms with Gasteiger partial charge in [0.1, 0.15) is 22.8 Å². The van der Waals surface area contributed by atoms with Crippen LogP contribution in [0.4, 0.5) is 10.5 Å². The highest BCUT2D eigenvalue weighted by Gasteiger charge is 2.64. The average Bonchev–Trinajstić information content (AvgIpc) is 2.98. The average molecular weight is 701 g/mol. The number of esters is 1. The van der Waals surface area contributed by atoms with E-state index in [0.29, 0.717) is 11.3 Å². The molecule has 0 aliphatic heterocycles. The number of aliphatic hydroxyl groups is 3. The largest absolute Gasteiger partial charge is 0.508 e. The molecule has 15 nitrogen and oxygen atoms in total. The Bertz CT molecular complexity index is 1690. The van der Waals surface area contributed by atoms with Gasteiger partial charge in [-0.25, -0.2) is 4.79 Å². The Morgan fingerprint density at radius 3 is 2.20 bits per heavy atom. The van der Waals surface area contributed by atoms with Crippen LogP contribution < -0.4 is 10.6 Å². The summed E-state index contributed by atoms with van der Waals surface area (Å²) in [6, 6.07) is 0.467. The number of fused-ring (bicyclic) bond motifs is 3. The van der Waals surface area contributed by atoms with Crippen molar-refractivity contribution in [2.75, 3.05) is 46.4 Å². The molecule has 1 saturated carbocycles. The van der Waals surface area contributed by atoms with Gasteiger partial charge in [-0.3, -0.25) is 24.1 Å². The van der Waals surface area contributed by atoms with Crippen LogP contribution >= 0.6 is 0 Å². The third kappa shape index (κ3) is 6.63. The number of benzene rings is 1. The van der Waals surface area contributed by atoms with Gasteiger partial charge in [-0.05, 0) is 49.9 Å². The van der Waals surface area contributed by atoms with Crippen molar-refractivity contribution >= 4 is 41.0 Å². The number of carbonyl (C=O) groups is 5. The van der Waals surface area contributed by atoms with E-state index in [4.69, 9.17) is 15.2 Å². The number of nitrogens with two attached hydrogens (primary N) is 1. The summed E-state index contributed by atoms with van der Waals surface area (Å²) in [6.07, 6.45) is -0.772. The molecule has 15 heteroatoms. The maximum absolute atomic E-state index is 14.3. The second kappa shape index (κ2) is 13.6. The summed E-state index contributed by atoms with van der Waals surface area (Å²) in [6.45, 7) is 8.27. The number of phenolic OH excluding ortho intramolecular Hbond substituents is 1. The number of carbonyl (C=O) groups excluding carboxylic acids is 5. The van der Waals surface area contributed by atoms with Gasteiger partial charge in [-0.1, -0.05) is 34.6 Å². The van der Waals surface area contributed by atoms with Crippen LogP contribution in [0, 0.1) is 23.2 Å². The molecule has 4 atom stereocenters. The maximum Gasteiger partial charge on any atom is 0.412 e. The molecule has 1 aromatic rings. The topological polar surface area (TPSA) is 220 Å². The number of ketones is 2. The van der Waals surface area contributed by atoms with Gasteiger partial charge in [-0.15, -0.1) is 0 Å². The fourth-order valence-corrected chi connectivity index (χ4v) is 7.22. The predicted octanol–water partition coefficient (Wildman–Crippen LogP) is 2.17. The third-order valence-corrected chi connectivity index (χ3v) is 9.40. The Balaban J connectivity index is 1.84. The first-order valence-corrected chi connectivity index (χ1v) is 16.3. The Morgan fingerprint density at radius 2 is 1.68 bits per heavy atom. The fourth-order valence-electron chi connectivity index (χ4n) is 7.22. The lowest BCUT2D eigenvalue weighted by molar-refractivity contribution is -0.156. The number of anilines is 1. The maximum atomic E-state index is 14.3. The van der Waals surface area contributed by atoms with Crippen LogP contribution in [0.2, 0.25) is 0 Å². The predicted molar refractivity (Wildman–Crippen MR) is 181 cm³/mol. The van der Waals surface area contributed by atoms with Crippen molar-refractivity contribution in [1.29, 1.82) is 0 Å². The molecule has 0 aromatic heterocycles. The number of ether oxygens (including phenoxy) is 2. The van der Waals surface area contributed by atoms with E-state index in [9.17, 15) is 44.4 Å². The van der Waals surface area contributed by atoms with E-state index in [1.165, 1.54) is 23.9 Å². The van der Waals surface area contributed by atoms with Crippen molar-refractivity contribution in [1.82, 2.24) is 9.80 Å². The number of hydrogen-bond acceptors (Lipinski definition) is 13. The molecular formula is C35H48N4O11. The summed E-state index contributed by atoms with van der Waals surface area (Å²) in [5.74, 6) is -8.45. The first kappa shape index (κ1) is 38.2. The van der Waals surface area contributed by atoms with Crippen molar-refractivity contribution in [2.45, 2.75) is 65.6 Å². The van der Waals surface area contributed by atoms with Crippen molar-refractivity contribution in [3.05, 3.63) is 39.7 Å². The van der Waals surface area contributed by atoms with Gasteiger partial charge in [0, 0.05) is 43.4 Å². The van der Waals surface area contributed by atoms with Gasteiger partial charge in [0.2, 0.25) is 12.6 Å². The normalized spacial score (nSPS) is 23.4. The van der Waals surface area contributed by atoms with E-state index >= 15 is 0 Å². The Kier molecular flexibility index (Phi) is 10.4. The molecule has 0 saturated heterocycles. The number of primary amides is 1. The van der Waals surface area contributed by atoms with Crippen LogP contribution in [0.5, 0.6) is 5.75 Å². The summed E-state index contributed by atoms with van der Waals surface area (Å²) in [5.41, 5.74) is 2.16. The highest BCUT2D eigenvalue weighted by Crippen LogP contribution is 2.54. The second-order valence-electron chi connectivity index (χ2n) is 15.2. The molecule has 0 spiro atoms. The molecule has 3 aliphatic rings. The summed E-state index contributed by atoms with van der Waals surface area (Å²) >= 11 is 0. The van der Waals surface area contributed by atoms with E-state index in [1.807, 2.05) is 20.8 Å². The van der Waals surface area contributed by atoms with Gasteiger partial charge < -0.3 is 45.4 Å². The van der Waals surface area contributed by atoms with E-state index < -0.39 is 94.0 Å². The molecule has 6 N–H and O–H groups in total. The highest BCUT2D eigenvalue weighted by molar-refractivity contribution is 6.24. The lowest BCUT2D eigenvalue weighted by Crippen LogP contribution is -2.65. The highest BCUT2D eigenvalue weighted by atomic mass is 16.7. The minimum Gasteiger partial charge on any atom is -0.508 e. The van der Waals surface area contributed by atoms with Crippen LogP contribution in [-0.2, 0) is 41.6 Å². The van der Waals surface area contributed by atoms with Gasteiger partial charge in [-0.2, -0.15) is 0 Å². The summed E-state index contributed by atoms with van der Waals surface area (Å²) in [5, 5.41) is 46.6. The Labute approximate surface area is 290 Å². The zero-order chi connectivity index (χ0) is 37.8. The van der Waals surface area contributed by atoms with Gasteiger partial charge in [0.15, 0.2) is 11.4 Å². The minimum absolute atomic E-state index is 0.0479. The number of nitrogens with zero attached hydrogens (tertiary/aromatic N) is 3. The molecule has 1 fully saturated rings. The van der Waals surface area contributed by atoms with E-state index in [1.54, 1.807) is 38.9 Å². The monoisotopic (exact) mass is 700 g/mol. The lowest BCUT2D eigenvalue weighted by atomic mass is 9.57. The molecule has 1 aromatic carbocycles. The molecule has 4 unspecified atom stereocenters. The first-order valence-electron chi connectivity index (χ1n) is 16.3. The summed E-state index contributed by atoms with van der Waals surface area (Å²) in [7, 11) is 6.57. The molecule has 0 heterocycles. The van der Waals surface area contributed by atoms with E-state index in [-0.39, 0.29) is 42.6 Å². The van der Waals surface area contributed by atoms with Gasteiger partial charge >= 0.3 is 12.1 Å². The SMILES string of the molecule is CC(C)C(=O)OCOC(=O)N(Cc1cc(N(C)C)c2c(c1O)C(O)=C1C(=O)C3(O)C(O)=C(C(N)=O)C(=O)C(N(C)C)C3CC1C2)CC(C)(C)C. The summed E-state index contributed by atoms with van der Waals surface area (Å²) < 4.78 is 10.2. The van der Waals surface area contributed by atoms with Crippen LogP contribution in [0.1, 0.15) is 57.7 Å². The molecule has 3 aliphatic carbocycles. The molecule has 4 rings (SSSR count). The number of aliphatic hydroxyl groups excluding tert-OH is 2. The number of Topliss-reactive ketones (excluding diaryl/α,β-unsaturated/α-hetero) is 2. The number of phenols is 1. The van der Waals surface area contributed by atoms with E-state index in [2.05, 4.69) is 0 Å². The zero-order valence-corrected chi connectivity index (χ0v) is 30.0. The molecule has 0 radical (unpaired) electrons. The smallest absolute Gasteiger partial charge is 0.412 e. The fraction of sp³-hybridized carbons (Fsp3) is 0.571. The summed E-state index contributed by atoms with van der Waals surface area (Å²) in [4.78, 5) is 69.6. The third-order valence-electron chi connectivity index (χ3n) is 9.40. The van der Waals surface area contributed by atoms with Gasteiger partial charge in [0.05, 0.1) is 24.1 Å². The van der Waals surface area contributed by atoms with Gasteiger partial charge in [0.25, 0.3) is 5.91 Å². The minimum atomic E-state index is -2.77. The van der Waals surface area contributed by atoms with Crippen LogP contribution in [0.25, 0.3) is 5.76 Å². The molecule has 0 bridgehead atoms. The second-order valence-corrected chi connectivity index (χ2v) is 15.2. The van der Waals surface area contributed by atoms with Crippen molar-refractivity contribution < 1.29 is 53.9 Å². The first-order chi connectivity index (χ1) is 23.0. The van der Waals surface area contributed by atoms with E-state index in [0.717, 1.165) is 0 Å². The Hall–Kier alpha value is -4.63. The molecular weight excluding hydrogens is 652 g/mol. The lowest BCUT2D eigenvalue weighted by Gasteiger charge is -2.50. The number of hydrogen-bond donors (Lipinski definition) is 5. The van der Waals surface area contributed by atoms with Crippen LogP contribution in [0.3, 0.4) is 0 Å². The van der Waals surface area contributed by atoms with Crippen molar-refractivity contribution in [2.24, 2.45) is 28.9 Å². The van der Waals surface area contributed by atoms with Crippen molar-refractivity contribution in [3.63, 3.8) is 0 Å². The zero-order valence-electron chi connectivity index (χ0n) is 30.0. The molecule has 2 amide bonds. The number of rotatable bonds is 9. The standard InChI is InChI=1S/C35H48N4O11/c1-16(2)32(46)49-15-50-33(47)39(14-34(3,4)5)13-18-12-21(37(6)7)19-10-17-11-20-25(38(8)9)28(42)24(31(36)45)30(44)35(20,48)29(43)22(17)27(41)23(19)26(18)40/h12,16-17,20,25,40-41,44,48H,10-11,13-15H2,1-9H3,(H2,36,45). The van der Waals surface area contributed by atoms with Crippen molar-refractivity contribution in [3.8, 4) is 5.75 Å². The number of aromatic hydroxyl groups is 1. The quantitative estimate of drug-likeness (QED) is 0.142. The number of likely N-dealkylation sites (N-methyl/N-ethyl adjacent to an activating group) is 1. The molecule has 50 heavy (non-hydrogen) atoms. The van der Waals surface area contributed by atoms with Crippen LogP contribution in [-0.4, -0.2) is 113 Å². The Morgan fingerprint density at radius 1 is 1.06 bits per heavy atom. The van der Waals surface area contributed by atoms with Crippen LogP contribution in [0.15, 0.2) is 23.0 Å². The molecule has 274 valence electrons. The number of amides is 2.